The maximum Gasteiger partial charge on any atom is 0.357 e. The number of carbonyl (C=O) groups excluding carboxylic acids is 1. The Kier molecular flexibility index (Phi) is 6.08. The van der Waals surface area contributed by atoms with Gasteiger partial charge in [-0.2, -0.15) is 0 Å². The maximum absolute atomic E-state index is 11.3. The Morgan fingerprint density at radius 2 is 1.73 bits per heavy atom. The van der Waals surface area contributed by atoms with Gasteiger partial charge in [0.25, 0.3) is 0 Å². The maximum atomic E-state index is 11.3. The largest absolute Gasteiger partial charge is 0.394 e. The molecule has 0 aromatic rings. The molecule has 0 saturated carbocycles. The molecule has 0 spiro atoms. The summed E-state index contributed by atoms with van der Waals surface area (Å²) in [6.07, 6.45) is 0. The zero-order valence-electron chi connectivity index (χ0n) is 10.7. The second kappa shape index (κ2) is 6.25. The van der Waals surface area contributed by atoms with Gasteiger partial charge in [0.05, 0.1) is 5.67 Å². The summed E-state index contributed by atoms with van der Waals surface area (Å²) in [5.41, 5.74) is 0.0231. The third kappa shape index (κ3) is 3.93. The van der Waals surface area contributed by atoms with E-state index in [1.54, 1.807) is 18.9 Å². The molecule has 0 bridgehead atoms. The third-order valence-corrected chi connectivity index (χ3v) is 6.33. The van der Waals surface area contributed by atoms with Crippen molar-refractivity contribution in [3.63, 3.8) is 0 Å². The lowest BCUT2D eigenvalue weighted by Crippen LogP contribution is -2.57. The smallest absolute Gasteiger partial charge is 0.357 e. The molecule has 0 aliphatic rings. The Balaban J connectivity index is 4.66. The van der Waals surface area contributed by atoms with Crippen molar-refractivity contribution in [2.45, 2.75) is 39.9 Å². The summed E-state index contributed by atoms with van der Waals surface area (Å²) in [5, 5.41) is 0. The van der Waals surface area contributed by atoms with Gasteiger partial charge < -0.3 is 13.8 Å². The second-order valence-corrected chi connectivity index (χ2v) is 7.13. The van der Waals surface area contributed by atoms with Gasteiger partial charge in [-0.25, -0.2) is 0 Å². The summed E-state index contributed by atoms with van der Waals surface area (Å²) in [6, 6.07) is 0. The lowest BCUT2D eigenvalue weighted by Gasteiger charge is -2.36. The molecular weight excluding hydrogens is 210 g/mol. The first-order valence-electron chi connectivity index (χ1n) is 5.40. The minimum absolute atomic E-state index is 0.0231. The molecule has 0 radical (unpaired) electrons. The molecule has 1 atom stereocenters. The molecule has 0 aliphatic carbocycles. The average molecular weight is 233 g/mol. The van der Waals surface area contributed by atoms with Crippen LogP contribution in [0.4, 0.5) is 0 Å². The fourth-order valence-electron chi connectivity index (χ4n) is 1.48. The number of hydrogen-bond donors (Lipinski definition) is 0. The van der Waals surface area contributed by atoms with E-state index >= 15 is 0 Å². The van der Waals surface area contributed by atoms with Crippen LogP contribution in [0.2, 0.25) is 6.55 Å². The first-order chi connectivity index (χ1) is 6.89. The first kappa shape index (κ1) is 14.6. The lowest BCUT2D eigenvalue weighted by molar-refractivity contribution is -0.128. The van der Waals surface area contributed by atoms with Crippen molar-refractivity contribution in [2.24, 2.45) is 0 Å². The summed E-state index contributed by atoms with van der Waals surface area (Å²) >= 11 is 0. The molecule has 0 aromatic heterocycles. The van der Waals surface area contributed by atoms with Gasteiger partial charge in [0.2, 0.25) is 5.91 Å². The lowest BCUT2D eigenvalue weighted by atomic mass is 10.5. The van der Waals surface area contributed by atoms with Crippen molar-refractivity contribution in [1.82, 2.24) is 4.90 Å². The number of hydrogen-bond acceptors (Lipinski definition) is 3. The van der Waals surface area contributed by atoms with Crippen LogP contribution in [0.3, 0.4) is 0 Å². The zero-order valence-corrected chi connectivity index (χ0v) is 11.7. The van der Waals surface area contributed by atoms with Crippen LogP contribution in [0, 0.1) is 0 Å². The summed E-state index contributed by atoms with van der Waals surface area (Å²) in [4.78, 5) is 13.0. The van der Waals surface area contributed by atoms with Crippen LogP contribution >= 0.6 is 0 Å². The summed E-state index contributed by atoms with van der Waals surface area (Å²) in [6.45, 7) is 10.7. The van der Waals surface area contributed by atoms with Crippen molar-refractivity contribution in [3.05, 3.63) is 0 Å². The van der Waals surface area contributed by atoms with E-state index in [2.05, 4.69) is 0 Å². The van der Waals surface area contributed by atoms with Gasteiger partial charge >= 0.3 is 8.56 Å². The molecule has 0 fully saturated rings. The Morgan fingerprint density at radius 1 is 1.33 bits per heavy atom. The topological polar surface area (TPSA) is 38.8 Å². The van der Waals surface area contributed by atoms with E-state index in [0.29, 0.717) is 13.2 Å². The Bertz CT molecular complexity index is 205. The third-order valence-electron chi connectivity index (χ3n) is 2.70. The minimum atomic E-state index is -2.27. The van der Waals surface area contributed by atoms with E-state index in [1.807, 2.05) is 27.3 Å². The second-order valence-electron chi connectivity index (χ2n) is 3.69. The van der Waals surface area contributed by atoms with Gasteiger partial charge in [0.1, 0.15) is 0 Å². The molecule has 1 unspecified atom stereocenters. The molecule has 15 heavy (non-hydrogen) atoms. The molecule has 0 heterocycles. The number of carbonyl (C=O) groups is 1. The molecule has 0 aromatic carbocycles. The standard InChI is InChI=1S/C10H23NO3Si/c1-7-13-15(6,14-8-2)10(4)11(5)9(3)12/h10H,7-8H2,1-6H3. The van der Waals surface area contributed by atoms with Gasteiger partial charge in [-0.15, -0.1) is 0 Å². The summed E-state index contributed by atoms with van der Waals surface area (Å²) in [7, 11) is -0.486. The van der Waals surface area contributed by atoms with Gasteiger partial charge in [0.15, 0.2) is 0 Å². The number of nitrogens with zero attached hydrogens (tertiary/aromatic N) is 1. The molecule has 0 saturated heterocycles. The summed E-state index contributed by atoms with van der Waals surface area (Å²) < 4.78 is 11.5. The van der Waals surface area contributed by atoms with Crippen LogP contribution in [-0.4, -0.2) is 45.3 Å². The van der Waals surface area contributed by atoms with Crippen LogP contribution in [0.5, 0.6) is 0 Å². The Labute approximate surface area is 93.8 Å². The SMILES string of the molecule is CCO[Si](C)(OCC)C(C)N(C)C(C)=O. The highest BCUT2D eigenvalue weighted by molar-refractivity contribution is 6.67. The zero-order chi connectivity index (χ0) is 12.1. The van der Waals surface area contributed by atoms with Crippen LogP contribution < -0.4 is 0 Å². The molecule has 1 amide bonds. The molecule has 0 rings (SSSR count). The van der Waals surface area contributed by atoms with Crippen LogP contribution in [0.25, 0.3) is 0 Å². The molecule has 90 valence electrons. The van der Waals surface area contributed by atoms with E-state index in [1.165, 1.54) is 0 Å². The fourth-order valence-corrected chi connectivity index (χ4v) is 4.08. The molecular formula is C10H23NO3Si. The van der Waals surface area contributed by atoms with Crippen molar-refractivity contribution < 1.29 is 13.6 Å². The molecule has 5 heteroatoms. The quantitative estimate of drug-likeness (QED) is 0.653. The van der Waals surface area contributed by atoms with E-state index in [9.17, 15) is 4.79 Å². The normalized spacial score (nSPS) is 13.7. The van der Waals surface area contributed by atoms with Gasteiger partial charge in [0, 0.05) is 27.2 Å². The Morgan fingerprint density at radius 3 is 2.00 bits per heavy atom. The van der Waals surface area contributed by atoms with E-state index in [-0.39, 0.29) is 11.6 Å². The predicted octanol–water partition coefficient (Wildman–Crippen LogP) is 1.54. The molecule has 4 nitrogen and oxygen atoms in total. The van der Waals surface area contributed by atoms with E-state index in [0.717, 1.165) is 0 Å². The highest BCUT2D eigenvalue weighted by Gasteiger charge is 2.41. The fraction of sp³-hybridized carbons (Fsp3) is 0.900. The van der Waals surface area contributed by atoms with Gasteiger partial charge in [-0.3, -0.25) is 4.79 Å². The van der Waals surface area contributed by atoms with Crippen molar-refractivity contribution in [3.8, 4) is 0 Å². The molecule has 0 N–H and O–H groups in total. The highest BCUT2D eigenvalue weighted by Crippen LogP contribution is 2.17. The Hall–Kier alpha value is -0.393. The first-order valence-corrected chi connectivity index (χ1v) is 7.79. The van der Waals surface area contributed by atoms with Crippen molar-refractivity contribution >= 4 is 14.5 Å². The highest BCUT2D eigenvalue weighted by atomic mass is 28.4. The van der Waals surface area contributed by atoms with Gasteiger partial charge in [-0.05, 0) is 27.3 Å². The number of amides is 1. The molecule has 0 aliphatic heterocycles. The van der Waals surface area contributed by atoms with Crippen LogP contribution in [0.15, 0.2) is 0 Å². The van der Waals surface area contributed by atoms with E-state index < -0.39 is 8.56 Å². The monoisotopic (exact) mass is 233 g/mol. The number of rotatable bonds is 6. The average Bonchev–Trinajstić information content (AvgIpc) is 2.16. The predicted molar refractivity (Wildman–Crippen MR) is 62.8 cm³/mol. The van der Waals surface area contributed by atoms with Gasteiger partial charge in [-0.1, -0.05) is 0 Å². The summed E-state index contributed by atoms with van der Waals surface area (Å²) in [5.74, 6) is 0.0423. The van der Waals surface area contributed by atoms with Crippen LogP contribution in [-0.2, 0) is 13.6 Å². The van der Waals surface area contributed by atoms with Crippen LogP contribution in [0.1, 0.15) is 27.7 Å². The van der Waals surface area contributed by atoms with Crippen molar-refractivity contribution in [2.75, 3.05) is 20.3 Å². The minimum Gasteiger partial charge on any atom is -0.394 e. The van der Waals surface area contributed by atoms with Crippen molar-refractivity contribution in [1.29, 1.82) is 0 Å². The van der Waals surface area contributed by atoms with E-state index in [4.69, 9.17) is 8.85 Å².